The molecule has 2 rings (SSSR count). The van der Waals surface area contributed by atoms with Gasteiger partial charge in [0.15, 0.2) is 11.5 Å². The van der Waals surface area contributed by atoms with Crippen LogP contribution in [0.1, 0.15) is 29.2 Å². The molecule has 0 saturated heterocycles. The Labute approximate surface area is 107 Å². The maximum atomic E-state index is 6.27. The maximum absolute atomic E-state index is 6.27. The molecule has 1 aliphatic rings. The average molecular weight is 253 g/mol. The van der Waals surface area contributed by atoms with Gasteiger partial charge in [-0.1, -0.05) is 0 Å². The van der Waals surface area contributed by atoms with Gasteiger partial charge in [0.25, 0.3) is 0 Å². The van der Waals surface area contributed by atoms with Crippen molar-refractivity contribution in [3.63, 3.8) is 0 Å². The zero-order valence-corrected chi connectivity index (χ0v) is 11.4. The van der Waals surface area contributed by atoms with Gasteiger partial charge in [-0.05, 0) is 36.3 Å². The van der Waals surface area contributed by atoms with E-state index in [1.807, 2.05) is 17.8 Å². The predicted octanol–water partition coefficient (Wildman–Crippen LogP) is 2.65. The first-order valence-corrected chi connectivity index (χ1v) is 6.92. The molecule has 0 aromatic heterocycles. The number of hydrogen-bond acceptors (Lipinski definition) is 4. The van der Waals surface area contributed by atoms with Crippen LogP contribution >= 0.6 is 11.8 Å². The Hall–Kier alpha value is -0.870. The maximum Gasteiger partial charge on any atom is 0.165 e. The smallest absolute Gasteiger partial charge is 0.165 e. The third kappa shape index (κ3) is 2.24. The summed E-state index contributed by atoms with van der Waals surface area (Å²) in [5, 5.41) is 0. The van der Waals surface area contributed by atoms with E-state index < -0.39 is 0 Å². The number of methoxy groups -OCH3 is 2. The lowest BCUT2D eigenvalue weighted by Crippen LogP contribution is -2.14. The second kappa shape index (κ2) is 5.19. The van der Waals surface area contributed by atoms with Crippen LogP contribution in [-0.4, -0.2) is 20.0 Å². The number of aryl methyl sites for hydroxylation is 1. The fraction of sp³-hybridized carbons (Fsp3) is 0.538. The van der Waals surface area contributed by atoms with Gasteiger partial charge in [0.2, 0.25) is 0 Å². The van der Waals surface area contributed by atoms with E-state index in [-0.39, 0.29) is 6.04 Å². The molecule has 1 atom stereocenters. The SMILES string of the molecule is COc1cc(C)c2c(c1OC)[C@@H](N)CCSC2. The summed E-state index contributed by atoms with van der Waals surface area (Å²) in [4.78, 5) is 0. The second-order valence-corrected chi connectivity index (χ2v) is 5.37. The number of benzene rings is 1. The van der Waals surface area contributed by atoms with Gasteiger partial charge in [-0.15, -0.1) is 0 Å². The molecule has 0 amide bonds. The molecule has 0 fully saturated rings. The first-order chi connectivity index (χ1) is 8.19. The molecule has 0 bridgehead atoms. The van der Waals surface area contributed by atoms with Crippen molar-refractivity contribution in [2.45, 2.75) is 25.1 Å². The first-order valence-electron chi connectivity index (χ1n) is 5.76. The molecular formula is C13H19NO2S. The molecular weight excluding hydrogens is 234 g/mol. The van der Waals surface area contributed by atoms with Crippen LogP contribution in [0.4, 0.5) is 0 Å². The summed E-state index contributed by atoms with van der Waals surface area (Å²) in [6.45, 7) is 2.11. The number of ether oxygens (including phenoxy) is 2. The van der Waals surface area contributed by atoms with Gasteiger partial charge >= 0.3 is 0 Å². The normalized spacial score (nSPS) is 19.4. The molecule has 1 aromatic carbocycles. The summed E-state index contributed by atoms with van der Waals surface area (Å²) in [7, 11) is 3.35. The lowest BCUT2D eigenvalue weighted by molar-refractivity contribution is 0.348. The molecule has 0 spiro atoms. The van der Waals surface area contributed by atoms with E-state index in [1.165, 1.54) is 11.1 Å². The van der Waals surface area contributed by atoms with Gasteiger partial charge in [0.1, 0.15) is 0 Å². The number of hydrogen-bond donors (Lipinski definition) is 1. The molecule has 17 heavy (non-hydrogen) atoms. The van der Waals surface area contributed by atoms with Gasteiger partial charge in [-0.25, -0.2) is 0 Å². The fourth-order valence-electron chi connectivity index (χ4n) is 2.31. The van der Waals surface area contributed by atoms with E-state index in [1.54, 1.807) is 14.2 Å². The lowest BCUT2D eigenvalue weighted by atomic mass is 9.94. The van der Waals surface area contributed by atoms with E-state index in [0.717, 1.165) is 35.0 Å². The van der Waals surface area contributed by atoms with Crippen LogP contribution in [0.3, 0.4) is 0 Å². The third-order valence-corrected chi connectivity index (χ3v) is 4.25. The summed E-state index contributed by atoms with van der Waals surface area (Å²) in [6, 6.07) is 2.08. The molecule has 0 radical (unpaired) electrons. The van der Waals surface area contributed by atoms with Crippen LogP contribution in [0.25, 0.3) is 0 Å². The van der Waals surface area contributed by atoms with Crippen molar-refractivity contribution < 1.29 is 9.47 Å². The molecule has 4 heteroatoms. The zero-order chi connectivity index (χ0) is 12.4. The van der Waals surface area contributed by atoms with Crippen LogP contribution in [-0.2, 0) is 5.75 Å². The minimum atomic E-state index is 0.0451. The van der Waals surface area contributed by atoms with Crippen LogP contribution in [0.15, 0.2) is 6.07 Å². The van der Waals surface area contributed by atoms with E-state index in [2.05, 4.69) is 6.92 Å². The molecule has 3 nitrogen and oxygen atoms in total. The molecule has 1 aliphatic heterocycles. The average Bonchev–Trinajstić information content (AvgIpc) is 2.52. The monoisotopic (exact) mass is 253 g/mol. The van der Waals surface area contributed by atoms with Gasteiger partial charge in [-0.2, -0.15) is 11.8 Å². The summed E-state index contributed by atoms with van der Waals surface area (Å²) in [5.74, 6) is 3.70. The number of nitrogens with two attached hydrogens (primary N) is 1. The Morgan fingerprint density at radius 2 is 2.12 bits per heavy atom. The van der Waals surface area contributed by atoms with E-state index in [4.69, 9.17) is 15.2 Å². The van der Waals surface area contributed by atoms with Crippen molar-refractivity contribution in [2.24, 2.45) is 5.73 Å². The van der Waals surface area contributed by atoms with Gasteiger partial charge < -0.3 is 15.2 Å². The Morgan fingerprint density at radius 1 is 1.35 bits per heavy atom. The molecule has 1 heterocycles. The van der Waals surface area contributed by atoms with Crippen molar-refractivity contribution in [3.05, 3.63) is 22.8 Å². The van der Waals surface area contributed by atoms with Crippen molar-refractivity contribution in [1.82, 2.24) is 0 Å². The number of thioether (sulfide) groups is 1. The molecule has 0 unspecified atom stereocenters. The van der Waals surface area contributed by atoms with Gasteiger partial charge in [0, 0.05) is 17.4 Å². The summed E-state index contributed by atoms with van der Waals surface area (Å²) in [6.07, 6.45) is 0.987. The minimum absolute atomic E-state index is 0.0451. The highest BCUT2D eigenvalue weighted by molar-refractivity contribution is 7.98. The van der Waals surface area contributed by atoms with Crippen molar-refractivity contribution in [2.75, 3.05) is 20.0 Å². The van der Waals surface area contributed by atoms with E-state index in [0.29, 0.717) is 0 Å². The molecule has 94 valence electrons. The zero-order valence-electron chi connectivity index (χ0n) is 10.6. The highest BCUT2D eigenvalue weighted by Gasteiger charge is 2.24. The van der Waals surface area contributed by atoms with Crippen molar-refractivity contribution in [1.29, 1.82) is 0 Å². The van der Waals surface area contributed by atoms with Gasteiger partial charge in [-0.3, -0.25) is 0 Å². The molecule has 2 N–H and O–H groups in total. The second-order valence-electron chi connectivity index (χ2n) is 4.27. The van der Waals surface area contributed by atoms with Crippen LogP contribution in [0.5, 0.6) is 11.5 Å². The minimum Gasteiger partial charge on any atom is -0.493 e. The highest BCUT2D eigenvalue weighted by Crippen LogP contribution is 2.42. The molecule has 0 saturated carbocycles. The Balaban J connectivity index is 2.64. The standard InChI is InChI=1S/C13H19NO2S/c1-8-6-11(15-2)13(16-3)12-9(8)7-17-5-4-10(12)14/h6,10H,4-5,7,14H2,1-3H3/t10-/m0/s1. The molecule has 1 aromatic rings. The lowest BCUT2D eigenvalue weighted by Gasteiger charge is -2.20. The summed E-state index contributed by atoms with van der Waals surface area (Å²) >= 11 is 1.93. The van der Waals surface area contributed by atoms with Crippen LogP contribution in [0, 0.1) is 6.92 Å². The first kappa shape index (κ1) is 12.6. The van der Waals surface area contributed by atoms with E-state index >= 15 is 0 Å². The molecule has 0 aliphatic carbocycles. The van der Waals surface area contributed by atoms with Gasteiger partial charge in [0.05, 0.1) is 14.2 Å². The third-order valence-electron chi connectivity index (χ3n) is 3.23. The number of rotatable bonds is 2. The summed E-state index contributed by atoms with van der Waals surface area (Å²) < 4.78 is 10.9. The quantitative estimate of drug-likeness (QED) is 0.880. The van der Waals surface area contributed by atoms with E-state index in [9.17, 15) is 0 Å². The Morgan fingerprint density at radius 3 is 2.76 bits per heavy atom. The number of fused-ring (bicyclic) bond motifs is 1. The largest absolute Gasteiger partial charge is 0.493 e. The van der Waals surface area contributed by atoms with Crippen molar-refractivity contribution in [3.8, 4) is 11.5 Å². The highest BCUT2D eigenvalue weighted by atomic mass is 32.2. The summed E-state index contributed by atoms with van der Waals surface area (Å²) in [5.41, 5.74) is 9.96. The predicted molar refractivity (Wildman–Crippen MR) is 72.0 cm³/mol. The Bertz CT molecular complexity index is 420. The van der Waals surface area contributed by atoms with Crippen LogP contribution < -0.4 is 15.2 Å². The van der Waals surface area contributed by atoms with Crippen LogP contribution in [0.2, 0.25) is 0 Å². The fourth-order valence-corrected chi connectivity index (χ4v) is 3.46. The van der Waals surface area contributed by atoms with Crippen molar-refractivity contribution >= 4 is 11.8 Å². The Kier molecular flexibility index (Phi) is 3.84. The topological polar surface area (TPSA) is 44.5 Å².